The van der Waals surface area contributed by atoms with Gasteiger partial charge in [-0.3, -0.25) is 10.1 Å². The van der Waals surface area contributed by atoms with E-state index in [1.54, 1.807) is 6.08 Å². The normalized spacial score (nSPS) is 13.2. The Bertz CT molecular complexity index is 599. The molecule has 2 aromatic rings. The zero-order valence-electron chi connectivity index (χ0n) is 10.5. The number of fused-ring (bicyclic) bond motifs is 1. The molecule has 0 amide bonds. The molecule has 0 radical (unpaired) electrons. The first kappa shape index (κ1) is 12.4. The molecule has 0 unspecified atom stereocenters. The minimum atomic E-state index is -0.435. The molecule has 2 rings (SSSR count). The van der Waals surface area contributed by atoms with E-state index in [0.29, 0.717) is 6.04 Å². The first-order valence-corrected chi connectivity index (χ1v) is 6.04. The second-order valence-corrected chi connectivity index (χ2v) is 4.37. The maximum Gasteiger partial charge on any atom is 0.235 e. The zero-order chi connectivity index (χ0) is 13.1. The van der Waals surface area contributed by atoms with Crippen molar-refractivity contribution in [2.45, 2.75) is 26.3 Å². The summed E-state index contributed by atoms with van der Waals surface area (Å²) in [5.41, 5.74) is 2.01. The molecule has 0 N–H and O–H groups in total. The second kappa shape index (κ2) is 5.04. The summed E-state index contributed by atoms with van der Waals surface area (Å²) in [6.45, 7) is 4.28. The Labute approximate surface area is 106 Å². The maximum atomic E-state index is 10.4. The molecule has 0 fully saturated rings. The SMILES string of the molecule is CC[C@@H](C)n1cc(/C=C/[N+](=O)[O-])c2ccccc21. The summed E-state index contributed by atoms with van der Waals surface area (Å²) >= 11 is 0. The standard InChI is InChI=1S/C14H16N2O2/c1-3-11(2)15-10-12(8-9-16(17)18)13-6-4-5-7-14(13)15/h4-11H,3H2,1-2H3/b9-8+/t11-/m1/s1. The zero-order valence-corrected chi connectivity index (χ0v) is 10.5. The van der Waals surface area contributed by atoms with Gasteiger partial charge in [-0.25, -0.2) is 0 Å². The van der Waals surface area contributed by atoms with Crippen molar-refractivity contribution in [2.75, 3.05) is 0 Å². The van der Waals surface area contributed by atoms with Crippen LogP contribution in [0.4, 0.5) is 0 Å². The molecule has 1 atom stereocenters. The number of rotatable bonds is 4. The monoisotopic (exact) mass is 244 g/mol. The van der Waals surface area contributed by atoms with E-state index in [1.165, 1.54) is 0 Å². The van der Waals surface area contributed by atoms with Gasteiger partial charge in [0.15, 0.2) is 0 Å². The predicted octanol–water partition coefficient (Wildman–Crippen LogP) is 3.86. The van der Waals surface area contributed by atoms with Gasteiger partial charge in [-0.05, 0) is 19.4 Å². The number of benzene rings is 1. The van der Waals surface area contributed by atoms with Crippen LogP contribution >= 0.6 is 0 Å². The lowest BCUT2D eigenvalue weighted by molar-refractivity contribution is -0.400. The van der Waals surface area contributed by atoms with Crippen molar-refractivity contribution >= 4 is 17.0 Å². The van der Waals surface area contributed by atoms with E-state index >= 15 is 0 Å². The van der Waals surface area contributed by atoms with E-state index in [-0.39, 0.29) is 0 Å². The summed E-state index contributed by atoms with van der Waals surface area (Å²) in [7, 11) is 0. The topological polar surface area (TPSA) is 48.1 Å². The molecule has 0 aliphatic rings. The highest BCUT2D eigenvalue weighted by Gasteiger charge is 2.10. The van der Waals surface area contributed by atoms with Crippen molar-refractivity contribution in [3.05, 3.63) is 52.3 Å². The van der Waals surface area contributed by atoms with Gasteiger partial charge in [-0.15, -0.1) is 0 Å². The van der Waals surface area contributed by atoms with Crippen LogP contribution in [0, 0.1) is 10.1 Å². The molecule has 4 nitrogen and oxygen atoms in total. The van der Waals surface area contributed by atoms with Crippen molar-refractivity contribution in [3.8, 4) is 0 Å². The minimum Gasteiger partial charge on any atom is -0.344 e. The van der Waals surface area contributed by atoms with Crippen LogP contribution in [-0.4, -0.2) is 9.49 Å². The van der Waals surface area contributed by atoms with E-state index < -0.39 is 4.92 Å². The highest BCUT2D eigenvalue weighted by Crippen LogP contribution is 2.26. The van der Waals surface area contributed by atoms with Crippen molar-refractivity contribution in [3.63, 3.8) is 0 Å². The van der Waals surface area contributed by atoms with Crippen molar-refractivity contribution in [2.24, 2.45) is 0 Å². The van der Waals surface area contributed by atoms with Gasteiger partial charge in [0.05, 0.1) is 4.92 Å². The lowest BCUT2D eigenvalue weighted by atomic mass is 10.2. The summed E-state index contributed by atoms with van der Waals surface area (Å²) in [5.74, 6) is 0. The Morgan fingerprint density at radius 2 is 2.17 bits per heavy atom. The smallest absolute Gasteiger partial charge is 0.235 e. The van der Waals surface area contributed by atoms with Gasteiger partial charge in [0, 0.05) is 34.8 Å². The van der Waals surface area contributed by atoms with E-state index in [2.05, 4.69) is 18.4 Å². The van der Waals surface area contributed by atoms with Gasteiger partial charge in [-0.1, -0.05) is 25.1 Å². The average Bonchev–Trinajstić information content (AvgIpc) is 2.74. The van der Waals surface area contributed by atoms with Crippen LogP contribution in [-0.2, 0) is 0 Å². The quantitative estimate of drug-likeness (QED) is 0.605. The third kappa shape index (κ3) is 2.27. The third-order valence-corrected chi connectivity index (χ3v) is 3.21. The largest absolute Gasteiger partial charge is 0.344 e. The Kier molecular flexibility index (Phi) is 3.46. The Balaban J connectivity index is 2.57. The molecule has 1 aromatic carbocycles. The number of para-hydroxylation sites is 1. The number of hydrogen-bond acceptors (Lipinski definition) is 2. The van der Waals surface area contributed by atoms with Crippen LogP contribution in [0.3, 0.4) is 0 Å². The lowest BCUT2D eigenvalue weighted by Gasteiger charge is -2.12. The molecule has 4 heteroatoms. The van der Waals surface area contributed by atoms with Gasteiger partial charge >= 0.3 is 0 Å². The number of aromatic nitrogens is 1. The van der Waals surface area contributed by atoms with Gasteiger partial charge in [0.1, 0.15) is 0 Å². The van der Waals surface area contributed by atoms with Crippen molar-refractivity contribution in [1.82, 2.24) is 4.57 Å². The van der Waals surface area contributed by atoms with Gasteiger partial charge in [0.2, 0.25) is 6.20 Å². The molecule has 0 spiro atoms. The molecule has 0 aliphatic heterocycles. The number of nitro groups is 1. The molecule has 1 aromatic heterocycles. The molecule has 94 valence electrons. The summed E-state index contributed by atoms with van der Waals surface area (Å²) in [6.07, 6.45) is 5.56. The van der Waals surface area contributed by atoms with E-state index in [0.717, 1.165) is 29.1 Å². The lowest BCUT2D eigenvalue weighted by Crippen LogP contribution is -2.01. The Morgan fingerprint density at radius 3 is 2.83 bits per heavy atom. The molecule has 0 saturated heterocycles. The molecule has 0 bridgehead atoms. The molecule has 0 aliphatic carbocycles. The van der Waals surface area contributed by atoms with Crippen LogP contribution in [0.1, 0.15) is 31.9 Å². The fourth-order valence-electron chi connectivity index (χ4n) is 2.07. The van der Waals surface area contributed by atoms with Gasteiger partial charge in [0.25, 0.3) is 0 Å². The highest BCUT2D eigenvalue weighted by molar-refractivity contribution is 5.89. The third-order valence-electron chi connectivity index (χ3n) is 3.21. The highest BCUT2D eigenvalue weighted by atomic mass is 16.6. The van der Waals surface area contributed by atoms with E-state index in [1.807, 2.05) is 30.5 Å². The van der Waals surface area contributed by atoms with Crippen LogP contribution in [0.25, 0.3) is 17.0 Å². The van der Waals surface area contributed by atoms with Crippen LogP contribution in [0.5, 0.6) is 0 Å². The van der Waals surface area contributed by atoms with Crippen molar-refractivity contribution < 1.29 is 4.92 Å². The van der Waals surface area contributed by atoms with Crippen LogP contribution in [0.15, 0.2) is 36.7 Å². The van der Waals surface area contributed by atoms with Gasteiger partial charge in [-0.2, -0.15) is 0 Å². The first-order chi connectivity index (χ1) is 8.63. The van der Waals surface area contributed by atoms with E-state index in [9.17, 15) is 10.1 Å². The predicted molar refractivity (Wildman–Crippen MR) is 73.0 cm³/mol. The molecular weight excluding hydrogens is 228 g/mol. The first-order valence-electron chi connectivity index (χ1n) is 6.04. The summed E-state index contributed by atoms with van der Waals surface area (Å²) in [6, 6.07) is 8.36. The summed E-state index contributed by atoms with van der Waals surface area (Å²) in [4.78, 5) is 9.98. The molecule has 18 heavy (non-hydrogen) atoms. The summed E-state index contributed by atoms with van der Waals surface area (Å²) < 4.78 is 2.18. The average molecular weight is 244 g/mol. The summed E-state index contributed by atoms with van der Waals surface area (Å²) in [5, 5.41) is 11.5. The second-order valence-electron chi connectivity index (χ2n) is 4.37. The van der Waals surface area contributed by atoms with Gasteiger partial charge < -0.3 is 4.57 Å². The van der Waals surface area contributed by atoms with Crippen molar-refractivity contribution in [1.29, 1.82) is 0 Å². The maximum absolute atomic E-state index is 10.4. The number of nitrogens with zero attached hydrogens (tertiary/aromatic N) is 2. The fraction of sp³-hybridized carbons (Fsp3) is 0.286. The van der Waals surface area contributed by atoms with E-state index in [4.69, 9.17) is 0 Å². The Morgan fingerprint density at radius 1 is 1.44 bits per heavy atom. The Hall–Kier alpha value is -2.10. The molecule has 1 heterocycles. The minimum absolute atomic E-state index is 0.382. The van der Waals surface area contributed by atoms with Crippen LogP contribution < -0.4 is 0 Å². The van der Waals surface area contributed by atoms with Crippen LogP contribution in [0.2, 0.25) is 0 Å². The number of hydrogen-bond donors (Lipinski definition) is 0. The fourth-order valence-corrected chi connectivity index (χ4v) is 2.07. The molecular formula is C14H16N2O2. The molecule has 0 saturated carbocycles.